The SMILES string of the molecule is CCc1nn(C)cc1Nc1ncnc(Cl)c1C=O. The van der Waals surface area contributed by atoms with Crippen molar-refractivity contribution in [1.29, 1.82) is 0 Å². The maximum atomic E-state index is 11.0. The lowest BCUT2D eigenvalue weighted by Gasteiger charge is -2.07. The molecule has 94 valence electrons. The van der Waals surface area contributed by atoms with Gasteiger partial charge in [0.05, 0.1) is 16.9 Å². The average Bonchev–Trinajstić information content (AvgIpc) is 2.70. The number of aldehydes is 1. The van der Waals surface area contributed by atoms with Crippen molar-refractivity contribution in [3.05, 3.63) is 28.9 Å². The highest BCUT2D eigenvalue weighted by molar-refractivity contribution is 6.32. The third kappa shape index (κ3) is 2.33. The van der Waals surface area contributed by atoms with Crippen molar-refractivity contribution in [3.8, 4) is 0 Å². The molecule has 0 amide bonds. The van der Waals surface area contributed by atoms with Crippen LogP contribution < -0.4 is 5.32 Å². The minimum Gasteiger partial charge on any atom is -0.337 e. The first-order valence-electron chi connectivity index (χ1n) is 5.41. The molecule has 2 heterocycles. The Bertz CT molecular complexity index is 581. The molecule has 0 atom stereocenters. The molecule has 0 aliphatic heterocycles. The summed E-state index contributed by atoms with van der Waals surface area (Å²) >= 11 is 5.83. The number of hydrogen-bond acceptors (Lipinski definition) is 5. The molecule has 0 aliphatic carbocycles. The van der Waals surface area contributed by atoms with Gasteiger partial charge in [-0.25, -0.2) is 9.97 Å². The van der Waals surface area contributed by atoms with E-state index in [4.69, 9.17) is 11.6 Å². The normalized spacial score (nSPS) is 10.4. The molecule has 0 aliphatic rings. The number of nitrogens with one attached hydrogen (secondary N) is 1. The molecule has 0 spiro atoms. The summed E-state index contributed by atoms with van der Waals surface area (Å²) in [4.78, 5) is 18.8. The summed E-state index contributed by atoms with van der Waals surface area (Å²) in [7, 11) is 1.83. The number of hydrogen-bond donors (Lipinski definition) is 1. The van der Waals surface area contributed by atoms with Gasteiger partial charge in [0.1, 0.15) is 17.3 Å². The zero-order chi connectivity index (χ0) is 13.1. The third-order valence-corrected chi connectivity index (χ3v) is 2.75. The number of nitrogens with zero attached hydrogens (tertiary/aromatic N) is 4. The Morgan fingerprint density at radius 1 is 1.50 bits per heavy atom. The van der Waals surface area contributed by atoms with Crippen LogP contribution in [0.5, 0.6) is 0 Å². The molecule has 2 aromatic heterocycles. The molecule has 6 nitrogen and oxygen atoms in total. The summed E-state index contributed by atoms with van der Waals surface area (Å²) < 4.78 is 1.70. The van der Waals surface area contributed by atoms with Crippen molar-refractivity contribution < 1.29 is 4.79 Å². The maximum absolute atomic E-state index is 11.0. The van der Waals surface area contributed by atoms with E-state index >= 15 is 0 Å². The van der Waals surface area contributed by atoms with Crippen LogP contribution in [0.2, 0.25) is 5.15 Å². The molecule has 2 aromatic rings. The zero-order valence-corrected chi connectivity index (χ0v) is 10.8. The van der Waals surface area contributed by atoms with Gasteiger partial charge in [-0.05, 0) is 6.42 Å². The number of halogens is 1. The minimum absolute atomic E-state index is 0.129. The number of anilines is 2. The predicted molar refractivity (Wildman–Crippen MR) is 68.3 cm³/mol. The average molecular weight is 266 g/mol. The quantitative estimate of drug-likeness (QED) is 0.676. The van der Waals surface area contributed by atoms with E-state index in [-0.39, 0.29) is 10.7 Å². The highest BCUT2D eigenvalue weighted by Gasteiger charge is 2.12. The second-order valence-electron chi connectivity index (χ2n) is 3.69. The number of aromatic nitrogens is 4. The standard InChI is InChI=1S/C11H12ClN5O/c1-3-8-9(4-17(2)16-8)15-11-7(5-18)10(12)13-6-14-11/h4-6H,3H2,1-2H3,(H,13,14,15). The van der Waals surface area contributed by atoms with Crippen LogP contribution >= 0.6 is 11.6 Å². The Morgan fingerprint density at radius 2 is 2.28 bits per heavy atom. The first kappa shape index (κ1) is 12.5. The molecule has 0 saturated heterocycles. The lowest BCUT2D eigenvalue weighted by atomic mass is 10.3. The van der Waals surface area contributed by atoms with Crippen LogP contribution in [0.3, 0.4) is 0 Å². The van der Waals surface area contributed by atoms with E-state index in [2.05, 4.69) is 20.4 Å². The Labute approximate surface area is 109 Å². The summed E-state index contributed by atoms with van der Waals surface area (Å²) in [6.07, 6.45) is 4.54. The molecule has 0 radical (unpaired) electrons. The lowest BCUT2D eigenvalue weighted by molar-refractivity contribution is 0.112. The van der Waals surface area contributed by atoms with E-state index < -0.39 is 0 Å². The highest BCUT2D eigenvalue weighted by Crippen LogP contribution is 2.23. The van der Waals surface area contributed by atoms with Crippen LogP contribution in [-0.4, -0.2) is 26.0 Å². The monoisotopic (exact) mass is 265 g/mol. The fourth-order valence-electron chi connectivity index (χ4n) is 1.61. The van der Waals surface area contributed by atoms with Crippen LogP contribution in [0.4, 0.5) is 11.5 Å². The van der Waals surface area contributed by atoms with Gasteiger partial charge in [-0.3, -0.25) is 9.48 Å². The Kier molecular flexibility index (Phi) is 3.57. The molecular weight excluding hydrogens is 254 g/mol. The van der Waals surface area contributed by atoms with Gasteiger partial charge in [-0.2, -0.15) is 5.10 Å². The number of aryl methyl sites for hydroxylation is 2. The summed E-state index contributed by atoms with van der Waals surface area (Å²) in [5, 5.41) is 7.48. The van der Waals surface area contributed by atoms with E-state index in [0.29, 0.717) is 12.1 Å². The third-order valence-electron chi connectivity index (χ3n) is 2.45. The Hall–Kier alpha value is -1.95. The topological polar surface area (TPSA) is 72.7 Å². The molecule has 0 fully saturated rings. The van der Waals surface area contributed by atoms with Crippen LogP contribution in [0.15, 0.2) is 12.5 Å². The maximum Gasteiger partial charge on any atom is 0.156 e. The van der Waals surface area contributed by atoms with Crippen LogP contribution in [0.1, 0.15) is 23.0 Å². The lowest BCUT2D eigenvalue weighted by Crippen LogP contribution is -2.01. The first-order chi connectivity index (χ1) is 8.65. The zero-order valence-electron chi connectivity index (χ0n) is 10.0. The van der Waals surface area contributed by atoms with Crippen molar-refractivity contribution in [3.63, 3.8) is 0 Å². The van der Waals surface area contributed by atoms with Gasteiger partial charge in [0.15, 0.2) is 6.29 Å². The van der Waals surface area contributed by atoms with E-state index in [1.54, 1.807) is 4.68 Å². The van der Waals surface area contributed by atoms with Crippen molar-refractivity contribution in [2.75, 3.05) is 5.32 Å². The molecular formula is C11H12ClN5O. The van der Waals surface area contributed by atoms with Gasteiger partial charge < -0.3 is 5.32 Å². The van der Waals surface area contributed by atoms with Gasteiger partial charge in [0, 0.05) is 13.2 Å². The minimum atomic E-state index is 0.129. The molecule has 7 heteroatoms. The Balaban J connectivity index is 2.39. The Morgan fingerprint density at radius 3 is 2.94 bits per heavy atom. The van der Waals surface area contributed by atoms with Crippen LogP contribution in [0, 0.1) is 0 Å². The van der Waals surface area contributed by atoms with E-state index in [0.717, 1.165) is 17.8 Å². The van der Waals surface area contributed by atoms with Crippen LogP contribution in [0.25, 0.3) is 0 Å². The van der Waals surface area contributed by atoms with Gasteiger partial charge in [-0.1, -0.05) is 18.5 Å². The molecule has 2 rings (SSSR count). The molecule has 0 bridgehead atoms. The van der Waals surface area contributed by atoms with E-state index in [1.807, 2.05) is 20.2 Å². The van der Waals surface area contributed by atoms with Crippen molar-refractivity contribution in [2.24, 2.45) is 7.05 Å². The smallest absolute Gasteiger partial charge is 0.156 e. The number of rotatable bonds is 4. The molecule has 0 unspecified atom stereocenters. The molecule has 1 N–H and O–H groups in total. The van der Waals surface area contributed by atoms with Crippen molar-refractivity contribution in [2.45, 2.75) is 13.3 Å². The molecule has 18 heavy (non-hydrogen) atoms. The largest absolute Gasteiger partial charge is 0.337 e. The highest BCUT2D eigenvalue weighted by atomic mass is 35.5. The molecule has 0 saturated carbocycles. The second kappa shape index (κ2) is 5.14. The first-order valence-corrected chi connectivity index (χ1v) is 5.78. The van der Waals surface area contributed by atoms with Crippen molar-refractivity contribution >= 4 is 29.4 Å². The summed E-state index contributed by atoms with van der Waals surface area (Å²) in [6.45, 7) is 2.00. The van der Waals surface area contributed by atoms with Crippen molar-refractivity contribution in [1.82, 2.24) is 19.7 Å². The van der Waals surface area contributed by atoms with Crippen LogP contribution in [-0.2, 0) is 13.5 Å². The second-order valence-corrected chi connectivity index (χ2v) is 4.04. The fourth-order valence-corrected chi connectivity index (χ4v) is 1.78. The van der Waals surface area contributed by atoms with Gasteiger partial charge in [-0.15, -0.1) is 0 Å². The number of carbonyl (C=O) groups is 1. The summed E-state index contributed by atoms with van der Waals surface area (Å²) in [6, 6.07) is 0. The van der Waals surface area contributed by atoms with Gasteiger partial charge in [0.25, 0.3) is 0 Å². The molecule has 0 aromatic carbocycles. The van der Waals surface area contributed by atoms with E-state index in [1.165, 1.54) is 6.33 Å². The fraction of sp³-hybridized carbons (Fsp3) is 0.273. The van der Waals surface area contributed by atoms with Gasteiger partial charge >= 0.3 is 0 Å². The van der Waals surface area contributed by atoms with Gasteiger partial charge in [0.2, 0.25) is 0 Å². The summed E-state index contributed by atoms with van der Waals surface area (Å²) in [5.41, 5.74) is 1.94. The summed E-state index contributed by atoms with van der Waals surface area (Å²) in [5.74, 6) is 0.382. The predicted octanol–water partition coefficient (Wildman–Crippen LogP) is 1.98. The van der Waals surface area contributed by atoms with E-state index in [9.17, 15) is 4.79 Å². The number of carbonyl (C=O) groups excluding carboxylic acids is 1.